The molecule has 0 fully saturated rings. The van der Waals surface area contributed by atoms with Gasteiger partial charge in [-0.25, -0.2) is 17.5 Å². The molecule has 150 valence electrons. The fourth-order valence-corrected chi connectivity index (χ4v) is 3.87. The highest BCUT2D eigenvalue weighted by atomic mass is 32.2. The van der Waals surface area contributed by atoms with E-state index in [9.17, 15) is 17.6 Å². The average Bonchev–Trinajstić information content (AvgIpc) is 2.69. The largest absolute Gasteiger partial charge is 0.322 e. The Hall–Kier alpha value is -3.03. The van der Waals surface area contributed by atoms with Crippen LogP contribution in [0.2, 0.25) is 0 Å². The van der Waals surface area contributed by atoms with Gasteiger partial charge in [0, 0.05) is 17.8 Å². The van der Waals surface area contributed by atoms with Crippen molar-refractivity contribution in [1.29, 1.82) is 0 Å². The zero-order valence-corrected chi connectivity index (χ0v) is 16.9. The summed E-state index contributed by atoms with van der Waals surface area (Å²) in [5.41, 5.74) is 2.73. The van der Waals surface area contributed by atoms with Crippen LogP contribution < -0.4 is 10.0 Å². The molecule has 0 saturated heterocycles. The summed E-state index contributed by atoms with van der Waals surface area (Å²) >= 11 is 0. The standard InChI is InChI=1S/C22H21FN2O3S/c1-15-8-10-19(29(27,28)24-14-17-6-4-3-5-7-17)13-20(15)22(26)25-21-11-9-18(23)12-16(21)2/h3-13,24H,14H2,1-2H3,(H,25,26). The second-order valence-electron chi connectivity index (χ2n) is 6.70. The molecule has 3 aromatic carbocycles. The predicted molar refractivity (Wildman–Crippen MR) is 111 cm³/mol. The Kier molecular flexibility index (Phi) is 6.10. The molecular formula is C22H21FN2O3S. The number of sulfonamides is 1. The average molecular weight is 412 g/mol. The molecule has 0 aliphatic rings. The Morgan fingerprint density at radius 3 is 2.34 bits per heavy atom. The summed E-state index contributed by atoms with van der Waals surface area (Å²) in [4.78, 5) is 12.7. The third-order valence-corrected chi connectivity index (χ3v) is 5.91. The lowest BCUT2D eigenvalue weighted by molar-refractivity contribution is 0.102. The Morgan fingerprint density at radius 1 is 0.931 bits per heavy atom. The van der Waals surface area contributed by atoms with E-state index >= 15 is 0 Å². The van der Waals surface area contributed by atoms with Crippen molar-refractivity contribution in [2.45, 2.75) is 25.3 Å². The Morgan fingerprint density at radius 2 is 1.66 bits per heavy atom. The molecule has 3 rings (SSSR count). The van der Waals surface area contributed by atoms with Crippen LogP contribution in [0.25, 0.3) is 0 Å². The van der Waals surface area contributed by atoms with Gasteiger partial charge in [-0.15, -0.1) is 0 Å². The van der Waals surface area contributed by atoms with E-state index in [0.717, 1.165) is 5.56 Å². The normalized spacial score (nSPS) is 11.3. The maximum Gasteiger partial charge on any atom is 0.255 e. The molecule has 0 unspecified atom stereocenters. The first-order valence-corrected chi connectivity index (χ1v) is 10.5. The van der Waals surface area contributed by atoms with Crippen LogP contribution in [0.1, 0.15) is 27.0 Å². The van der Waals surface area contributed by atoms with E-state index in [0.29, 0.717) is 16.8 Å². The van der Waals surface area contributed by atoms with Crippen molar-refractivity contribution in [2.75, 3.05) is 5.32 Å². The van der Waals surface area contributed by atoms with Crippen molar-refractivity contribution in [2.24, 2.45) is 0 Å². The lowest BCUT2D eigenvalue weighted by Gasteiger charge is -2.12. The van der Waals surface area contributed by atoms with Crippen LogP contribution in [0.15, 0.2) is 71.6 Å². The monoisotopic (exact) mass is 412 g/mol. The summed E-state index contributed by atoms with van der Waals surface area (Å²) in [6.07, 6.45) is 0. The van der Waals surface area contributed by atoms with E-state index in [1.807, 2.05) is 30.3 Å². The highest BCUT2D eigenvalue weighted by molar-refractivity contribution is 7.89. The first-order valence-electron chi connectivity index (χ1n) is 8.98. The zero-order valence-electron chi connectivity index (χ0n) is 16.1. The van der Waals surface area contributed by atoms with Crippen LogP contribution >= 0.6 is 0 Å². The molecule has 0 aliphatic carbocycles. The van der Waals surface area contributed by atoms with Gasteiger partial charge < -0.3 is 5.32 Å². The fraction of sp³-hybridized carbons (Fsp3) is 0.136. The van der Waals surface area contributed by atoms with Gasteiger partial charge in [0.05, 0.1) is 4.90 Å². The molecule has 0 aromatic heterocycles. The molecule has 5 nitrogen and oxygen atoms in total. The number of aryl methyl sites for hydroxylation is 2. The molecule has 0 saturated carbocycles. The molecule has 2 N–H and O–H groups in total. The minimum absolute atomic E-state index is 0.00000850. The summed E-state index contributed by atoms with van der Waals surface area (Å²) in [6.45, 7) is 3.55. The highest BCUT2D eigenvalue weighted by Crippen LogP contribution is 2.20. The molecule has 0 radical (unpaired) electrons. The van der Waals surface area contributed by atoms with Crippen molar-refractivity contribution < 1.29 is 17.6 Å². The number of nitrogens with one attached hydrogen (secondary N) is 2. The molecule has 0 heterocycles. The Labute approximate surface area is 169 Å². The molecule has 0 bridgehead atoms. The number of benzene rings is 3. The topological polar surface area (TPSA) is 75.3 Å². The van der Waals surface area contributed by atoms with E-state index in [1.54, 1.807) is 19.9 Å². The first kappa shape index (κ1) is 20.7. The number of hydrogen-bond donors (Lipinski definition) is 2. The number of halogens is 1. The summed E-state index contributed by atoms with van der Waals surface area (Å²) in [5.74, 6) is -0.855. The van der Waals surface area contributed by atoms with Gasteiger partial charge in [0.25, 0.3) is 5.91 Å². The van der Waals surface area contributed by atoms with Crippen molar-refractivity contribution in [3.63, 3.8) is 0 Å². The Balaban J connectivity index is 1.82. The quantitative estimate of drug-likeness (QED) is 0.638. The summed E-state index contributed by atoms with van der Waals surface area (Å²) < 4.78 is 41.1. The van der Waals surface area contributed by atoms with Gasteiger partial charge in [0.1, 0.15) is 5.82 Å². The molecule has 0 spiro atoms. The van der Waals surface area contributed by atoms with Gasteiger partial charge in [0.15, 0.2) is 0 Å². The smallest absolute Gasteiger partial charge is 0.255 e. The number of carbonyl (C=O) groups is 1. The van der Waals surface area contributed by atoms with E-state index in [4.69, 9.17) is 0 Å². The van der Waals surface area contributed by atoms with Gasteiger partial charge in [-0.2, -0.15) is 0 Å². The summed E-state index contributed by atoms with van der Waals surface area (Å²) in [7, 11) is -3.80. The van der Waals surface area contributed by atoms with Gasteiger partial charge >= 0.3 is 0 Å². The minimum Gasteiger partial charge on any atom is -0.322 e. The number of hydrogen-bond acceptors (Lipinski definition) is 3. The van der Waals surface area contributed by atoms with Crippen LogP contribution in [0.3, 0.4) is 0 Å². The van der Waals surface area contributed by atoms with Crippen LogP contribution in [0, 0.1) is 19.7 Å². The van der Waals surface area contributed by atoms with Crippen LogP contribution in [-0.4, -0.2) is 14.3 Å². The maximum atomic E-state index is 13.3. The first-order chi connectivity index (χ1) is 13.8. The third kappa shape index (κ3) is 5.07. The molecular weight excluding hydrogens is 391 g/mol. The van der Waals surface area contributed by atoms with Gasteiger partial charge in [0.2, 0.25) is 10.0 Å². The van der Waals surface area contributed by atoms with E-state index in [-0.39, 0.29) is 17.0 Å². The molecule has 0 aliphatic heterocycles. The SMILES string of the molecule is Cc1cc(F)ccc1NC(=O)c1cc(S(=O)(=O)NCc2ccccc2)ccc1C. The summed E-state index contributed by atoms with van der Waals surface area (Å²) in [6, 6.07) is 17.6. The number of anilines is 1. The lowest BCUT2D eigenvalue weighted by atomic mass is 10.1. The third-order valence-electron chi connectivity index (χ3n) is 4.51. The molecule has 29 heavy (non-hydrogen) atoms. The van der Waals surface area contributed by atoms with Gasteiger partial charge in [-0.05, 0) is 60.9 Å². The fourth-order valence-electron chi connectivity index (χ4n) is 2.83. The highest BCUT2D eigenvalue weighted by Gasteiger charge is 2.18. The van der Waals surface area contributed by atoms with Crippen molar-refractivity contribution >= 4 is 21.6 Å². The van der Waals surface area contributed by atoms with Gasteiger partial charge in [-0.3, -0.25) is 4.79 Å². The molecule has 1 amide bonds. The van der Waals surface area contributed by atoms with Crippen LogP contribution in [0.4, 0.5) is 10.1 Å². The molecule has 0 atom stereocenters. The van der Waals surface area contributed by atoms with Crippen molar-refractivity contribution in [3.05, 3.63) is 94.8 Å². The van der Waals surface area contributed by atoms with Crippen LogP contribution in [0.5, 0.6) is 0 Å². The number of amides is 1. The maximum absolute atomic E-state index is 13.3. The van der Waals surface area contributed by atoms with E-state index < -0.39 is 21.7 Å². The summed E-state index contributed by atoms with van der Waals surface area (Å²) in [5, 5.41) is 2.71. The molecule has 7 heteroatoms. The number of rotatable bonds is 6. The number of carbonyl (C=O) groups excluding carboxylic acids is 1. The van der Waals surface area contributed by atoms with E-state index in [1.165, 1.54) is 30.3 Å². The van der Waals surface area contributed by atoms with Crippen molar-refractivity contribution in [3.8, 4) is 0 Å². The minimum atomic E-state index is -3.80. The van der Waals surface area contributed by atoms with E-state index in [2.05, 4.69) is 10.0 Å². The Bertz CT molecular complexity index is 1150. The molecule has 3 aromatic rings. The zero-order chi connectivity index (χ0) is 21.0. The second kappa shape index (κ2) is 8.55. The van der Waals surface area contributed by atoms with Gasteiger partial charge in [-0.1, -0.05) is 36.4 Å². The predicted octanol–water partition coefficient (Wildman–Crippen LogP) is 4.17. The second-order valence-corrected chi connectivity index (χ2v) is 8.47. The lowest BCUT2D eigenvalue weighted by Crippen LogP contribution is -2.24. The van der Waals surface area contributed by atoms with Crippen molar-refractivity contribution in [1.82, 2.24) is 4.72 Å². The van der Waals surface area contributed by atoms with Crippen LogP contribution in [-0.2, 0) is 16.6 Å².